The number of nitrogens with zero attached hydrogens (tertiary/aromatic N) is 1. The zero-order chi connectivity index (χ0) is 23.6. The largest absolute Gasteiger partial charge is 0.452 e. The molecule has 1 atom stereocenters. The maximum Gasteiger partial charge on any atom is 0.338 e. The van der Waals surface area contributed by atoms with Crippen LogP contribution in [0.3, 0.4) is 0 Å². The van der Waals surface area contributed by atoms with Gasteiger partial charge in [-0.15, -0.1) is 0 Å². The number of para-hydroxylation sites is 1. The Morgan fingerprint density at radius 1 is 1.03 bits per heavy atom. The standard InChI is InChI=1S/C25H24N2O5S/c1-17-14-20-15-19(12-13-23(20)27(17)33(2,30)31)25(29)32-16-24(28)26-22-11-7-6-10-21(22)18-8-4-3-5-9-18/h3-13,15,17H,14,16H2,1-2H3,(H,26,28). The van der Waals surface area contributed by atoms with Gasteiger partial charge in [-0.1, -0.05) is 48.5 Å². The van der Waals surface area contributed by atoms with E-state index in [-0.39, 0.29) is 11.6 Å². The molecule has 0 aliphatic carbocycles. The molecule has 8 heteroatoms. The van der Waals surface area contributed by atoms with Crippen molar-refractivity contribution in [2.24, 2.45) is 0 Å². The number of nitrogens with one attached hydrogen (secondary N) is 1. The average molecular weight is 465 g/mol. The van der Waals surface area contributed by atoms with Gasteiger partial charge in [-0.3, -0.25) is 9.10 Å². The topological polar surface area (TPSA) is 92.8 Å². The van der Waals surface area contributed by atoms with Crippen molar-refractivity contribution >= 4 is 33.3 Å². The fraction of sp³-hybridized carbons (Fsp3) is 0.200. The Balaban J connectivity index is 1.42. The number of carbonyl (C=O) groups excluding carboxylic acids is 2. The number of amides is 1. The molecule has 0 saturated heterocycles. The molecule has 1 amide bonds. The molecule has 170 valence electrons. The van der Waals surface area contributed by atoms with E-state index in [1.54, 1.807) is 18.2 Å². The Morgan fingerprint density at radius 3 is 2.45 bits per heavy atom. The minimum atomic E-state index is -3.41. The number of hydrogen-bond donors (Lipinski definition) is 1. The number of fused-ring (bicyclic) bond motifs is 1. The quantitative estimate of drug-likeness (QED) is 0.559. The predicted molar refractivity (Wildman–Crippen MR) is 128 cm³/mol. The molecule has 0 saturated carbocycles. The lowest BCUT2D eigenvalue weighted by molar-refractivity contribution is -0.119. The van der Waals surface area contributed by atoms with Crippen LogP contribution in [0.25, 0.3) is 11.1 Å². The van der Waals surface area contributed by atoms with Crippen molar-refractivity contribution in [1.29, 1.82) is 0 Å². The van der Waals surface area contributed by atoms with Crippen molar-refractivity contribution in [1.82, 2.24) is 0 Å². The fourth-order valence-corrected chi connectivity index (χ4v) is 5.36. The monoisotopic (exact) mass is 464 g/mol. The third kappa shape index (κ3) is 4.90. The smallest absolute Gasteiger partial charge is 0.338 e. The van der Waals surface area contributed by atoms with Crippen LogP contribution in [0.5, 0.6) is 0 Å². The second-order valence-electron chi connectivity index (χ2n) is 7.99. The number of esters is 1. The van der Waals surface area contributed by atoms with Crippen LogP contribution in [0.15, 0.2) is 72.8 Å². The molecule has 33 heavy (non-hydrogen) atoms. The highest BCUT2D eigenvalue weighted by atomic mass is 32.2. The molecule has 1 N–H and O–H groups in total. The summed E-state index contributed by atoms with van der Waals surface area (Å²) < 4.78 is 30.7. The Kier molecular flexibility index (Phi) is 6.20. The van der Waals surface area contributed by atoms with Crippen LogP contribution in [0.2, 0.25) is 0 Å². The summed E-state index contributed by atoms with van der Waals surface area (Å²) in [5.74, 6) is -1.10. The highest BCUT2D eigenvalue weighted by Gasteiger charge is 2.33. The van der Waals surface area contributed by atoms with Gasteiger partial charge in [0.15, 0.2) is 6.61 Å². The van der Waals surface area contributed by atoms with Crippen LogP contribution < -0.4 is 9.62 Å². The number of benzene rings is 3. The molecule has 0 spiro atoms. The molecule has 0 radical (unpaired) electrons. The van der Waals surface area contributed by atoms with E-state index in [4.69, 9.17) is 4.74 Å². The Labute approximate surface area is 193 Å². The molecule has 1 heterocycles. The highest BCUT2D eigenvalue weighted by Crippen LogP contribution is 2.35. The lowest BCUT2D eigenvalue weighted by atomic mass is 10.0. The van der Waals surface area contributed by atoms with Gasteiger partial charge in [0, 0.05) is 17.3 Å². The van der Waals surface area contributed by atoms with Gasteiger partial charge in [-0.2, -0.15) is 0 Å². The summed E-state index contributed by atoms with van der Waals surface area (Å²) in [6.45, 7) is 1.38. The molecular weight excluding hydrogens is 440 g/mol. The third-order valence-corrected chi connectivity index (χ3v) is 6.72. The van der Waals surface area contributed by atoms with Crippen LogP contribution >= 0.6 is 0 Å². The van der Waals surface area contributed by atoms with Crippen molar-refractivity contribution < 1.29 is 22.7 Å². The molecular formula is C25H24N2O5S. The van der Waals surface area contributed by atoms with Crippen molar-refractivity contribution in [3.8, 4) is 11.1 Å². The van der Waals surface area contributed by atoms with E-state index >= 15 is 0 Å². The van der Waals surface area contributed by atoms with Crippen molar-refractivity contribution in [3.63, 3.8) is 0 Å². The van der Waals surface area contributed by atoms with Crippen LogP contribution in [-0.4, -0.2) is 39.2 Å². The number of ether oxygens (including phenoxy) is 1. The minimum absolute atomic E-state index is 0.225. The summed E-state index contributed by atoms with van der Waals surface area (Å²) in [7, 11) is -3.41. The number of rotatable bonds is 6. The lowest BCUT2D eigenvalue weighted by Crippen LogP contribution is -2.34. The minimum Gasteiger partial charge on any atom is -0.452 e. The zero-order valence-corrected chi connectivity index (χ0v) is 19.1. The van der Waals surface area contributed by atoms with Crippen molar-refractivity contribution in [3.05, 3.63) is 83.9 Å². The maximum atomic E-state index is 12.5. The normalized spacial score (nSPS) is 15.1. The number of sulfonamides is 1. The summed E-state index contributed by atoms with van der Waals surface area (Å²) in [5, 5.41) is 2.80. The first kappa shape index (κ1) is 22.5. The number of anilines is 2. The van der Waals surface area contributed by atoms with Gasteiger partial charge in [0.25, 0.3) is 5.91 Å². The highest BCUT2D eigenvalue weighted by molar-refractivity contribution is 7.92. The van der Waals surface area contributed by atoms with Gasteiger partial charge in [0.05, 0.1) is 17.5 Å². The average Bonchev–Trinajstić information content (AvgIpc) is 3.13. The van der Waals surface area contributed by atoms with Gasteiger partial charge >= 0.3 is 5.97 Å². The molecule has 0 bridgehead atoms. The van der Waals surface area contributed by atoms with Crippen LogP contribution in [0.1, 0.15) is 22.8 Å². The molecule has 3 aromatic rings. The zero-order valence-electron chi connectivity index (χ0n) is 18.3. The van der Waals surface area contributed by atoms with E-state index in [2.05, 4.69) is 5.32 Å². The molecule has 3 aromatic carbocycles. The van der Waals surface area contributed by atoms with Gasteiger partial charge in [-0.25, -0.2) is 13.2 Å². The second kappa shape index (κ2) is 9.07. The van der Waals surface area contributed by atoms with Crippen LogP contribution in [0, 0.1) is 0 Å². The molecule has 1 aliphatic heterocycles. The first-order valence-corrected chi connectivity index (χ1v) is 12.3. The van der Waals surface area contributed by atoms with Gasteiger partial charge < -0.3 is 10.1 Å². The first-order valence-electron chi connectivity index (χ1n) is 10.5. The Morgan fingerprint density at radius 2 is 1.73 bits per heavy atom. The second-order valence-corrected chi connectivity index (χ2v) is 9.85. The predicted octanol–water partition coefficient (Wildman–Crippen LogP) is 3.86. The van der Waals surface area contributed by atoms with Crippen LogP contribution in [-0.2, 0) is 26.0 Å². The molecule has 0 fully saturated rings. The van der Waals surface area contributed by atoms with Crippen molar-refractivity contribution in [2.45, 2.75) is 19.4 Å². The third-order valence-electron chi connectivity index (χ3n) is 5.45. The molecule has 1 unspecified atom stereocenters. The van der Waals surface area contributed by atoms with Gasteiger partial charge in [-0.05, 0) is 48.7 Å². The van der Waals surface area contributed by atoms with E-state index in [0.717, 1.165) is 22.9 Å². The van der Waals surface area contributed by atoms with Gasteiger partial charge in [0.1, 0.15) is 0 Å². The molecule has 1 aliphatic rings. The van der Waals surface area contributed by atoms with E-state index in [9.17, 15) is 18.0 Å². The van der Waals surface area contributed by atoms with E-state index < -0.39 is 28.5 Å². The molecule has 0 aromatic heterocycles. The number of hydrogen-bond acceptors (Lipinski definition) is 5. The van der Waals surface area contributed by atoms with E-state index in [1.807, 2.05) is 55.5 Å². The summed E-state index contributed by atoms with van der Waals surface area (Å²) >= 11 is 0. The Bertz CT molecular complexity index is 1310. The van der Waals surface area contributed by atoms with Gasteiger partial charge in [0.2, 0.25) is 10.0 Å². The van der Waals surface area contributed by atoms with E-state index in [1.165, 1.54) is 10.4 Å². The van der Waals surface area contributed by atoms with Crippen LogP contribution in [0.4, 0.5) is 11.4 Å². The first-order chi connectivity index (χ1) is 15.7. The fourth-order valence-electron chi connectivity index (χ4n) is 4.10. The summed E-state index contributed by atoms with van der Waals surface area (Å²) in [5.41, 5.74) is 4.04. The SMILES string of the molecule is CC1Cc2cc(C(=O)OCC(=O)Nc3ccccc3-c3ccccc3)ccc2N1S(C)(=O)=O. The number of carbonyl (C=O) groups is 2. The van der Waals surface area contributed by atoms with E-state index in [0.29, 0.717) is 17.8 Å². The lowest BCUT2D eigenvalue weighted by Gasteiger charge is -2.21. The molecule has 7 nitrogen and oxygen atoms in total. The summed E-state index contributed by atoms with van der Waals surface area (Å²) in [4.78, 5) is 25.0. The summed E-state index contributed by atoms with van der Waals surface area (Å²) in [6.07, 6.45) is 1.66. The Hall–Kier alpha value is -3.65. The maximum absolute atomic E-state index is 12.5. The molecule has 4 rings (SSSR count). The summed E-state index contributed by atoms with van der Waals surface area (Å²) in [6, 6.07) is 21.6. The van der Waals surface area contributed by atoms with Crippen molar-refractivity contribution in [2.75, 3.05) is 22.5 Å².